The van der Waals surface area contributed by atoms with E-state index in [0.29, 0.717) is 11.4 Å². The van der Waals surface area contributed by atoms with Crippen molar-refractivity contribution in [3.05, 3.63) is 46.2 Å². The van der Waals surface area contributed by atoms with E-state index >= 15 is 0 Å². The number of imide groups is 2. The first-order valence-electron chi connectivity index (χ1n) is 8.76. The second-order valence-electron chi connectivity index (χ2n) is 6.69. The maximum absolute atomic E-state index is 12.8. The molecule has 0 aliphatic carbocycles. The van der Waals surface area contributed by atoms with Gasteiger partial charge in [0.1, 0.15) is 11.8 Å². The summed E-state index contributed by atoms with van der Waals surface area (Å²) < 4.78 is 5.09. The summed E-state index contributed by atoms with van der Waals surface area (Å²) in [6.07, 6.45) is 0.916. The Morgan fingerprint density at radius 2 is 1.89 bits per heavy atom. The van der Waals surface area contributed by atoms with Gasteiger partial charge in [-0.1, -0.05) is 0 Å². The van der Waals surface area contributed by atoms with Crippen molar-refractivity contribution in [3.63, 3.8) is 0 Å². The smallest absolute Gasteiger partial charge is 0.343 e. The van der Waals surface area contributed by atoms with Crippen molar-refractivity contribution in [2.45, 2.75) is 19.4 Å². The number of quaternary nitrogens is 1. The second kappa shape index (κ2) is 6.79. The van der Waals surface area contributed by atoms with Crippen LogP contribution in [0.3, 0.4) is 0 Å². The van der Waals surface area contributed by atoms with Crippen LogP contribution < -0.4 is 14.5 Å². The van der Waals surface area contributed by atoms with Crippen LogP contribution >= 0.6 is 11.3 Å². The van der Waals surface area contributed by atoms with Gasteiger partial charge in [0.15, 0.2) is 6.67 Å². The first-order chi connectivity index (χ1) is 13.0. The maximum Gasteiger partial charge on any atom is 0.343 e. The molecule has 0 radical (unpaired) electrons. The van der Waals surface area contributed by atoms with Gasteiger partial charge in [0.05, 0.1) is 19.3 Å². The average molecular weight is 386 g/mol. The number of fused-ring (bicyclic) bond motifs is 1. The molecule has 1 unspecified atom stereocenters. The number of ether oxygens (including phenoxy) is 1. The fraction of sp³-hybridized carbons (Fsp3) is 0.316. The van der Waals surface area contributed by atoms with Crippen LogP contribution in [0.5, 0.6) is 5.75 Å². The number of hydrogen-bond acceptors (Lipinski definition) is 5. The number of nitrogens with zero attached hydrogens (tertiary/aromatic N) is 2. The molecule has 2 atom stereocenters. The molecule has 4 rings (SSSR count). The molecular formula is C19H20N3O4S+. The summed E-state index contributed by atoms with van der Waals surface area (Å²) in [6, 6.07) is 8.18. The highest BCUT2D eigenvalue weighted by molar-refractivity contribution is 7.10. The van der Waals surface area contributed by atoms with Crippen LogP contribution in [0.15, 0.2) is 35.7 Å². The Morgan fingerprint density at radius 1 is 1.15 bits per heavy atom. The number of amides is 4. The molecule has 4 amide bonds. The summed E-state index contributed by atoms with van der Waals surface area (Å²) >= 11 is 1.74. The third kappa shape index (κ3) is 2.90. The van der Waals surface area contributed by atoms with E-state index in [0.717, 1.165) is 27.7 Å². The van der Waals surface area contributed by atoms with Crippen LogP contribution in [0.25, 0.3) is 0 Å². The number of anilines is 1. The molecule has 7 nitrogen and oxygen atoms in total. The quantitative estimate of drug-likeness (QED) is 0.633. The number of methoxy groups -OCH3 is 1. The topological polar surface area (TPSA) is 71.4 Å². The Balaban J connectivity index is 1.55. The van der Waals surface area contributed by atoms with Crippen molar-refractivity contribution in [1.82, 2.24) is 4.90 Å². The predicted molar refractivity (Wildman–Crippen MR) is 99.9 cm³/mol. The first-order valence-corrected chi connectivity index (χ1v) is 9.64. The van der Waals surface area contributed by atoms with Crippen molar-refractivity contribution in [1.29, 1.82) is 0 Å². The summed E-state index contributed by atoms with van der Waals surface area (Å²) in [5.74, 6) is -0.976. The van der Waals surface area contributed by atoms with Gasteiger partial charge >= 0.3 is 17.8 Å². The Hall–Kier alpha value is -2.71. The Labute approximate surface area is 160 Å². The first kappa shape index (κ1) is 17.7. The van der Waals surface area contributed by atoms with E-state index in [9.17, 15) is 14.4 Å². The van der Waals surface area contributed by atoms with E-state index in [4.69, 9.17) is 4.74 Å². The van der Waals surface area contributed by atoms with Gasteiger partial charge in [0.2, 0.25) is 0 Å². The number of benzene rings is 1. The van der Waals surface area contributed by atoms with Crippen molar-refractivity contribution < 1.29 is 24.0 Å². The van der Waals surface area contributed by atoms with Crippen LogP contribution in [0.1, 0.15) is 23.4 Å². The largest absolute Gasteiger partial charge is 0.497 e. The molecule has 0 spiro atoms. The fourth-order valence-corrected chi connectivity index (χ4v) is 4.65. The highest BCUT2D eigenvalue weighted by Gasteiger charge is 2.47. The lowest BCUT2D eigenvalue weighted by molar-refractivity contribution is -0.938. The third-order valence-corrected chi connectivity index (χ3v) is 6.27. The van der Waals surface area contributed by atoms with Gasteiger partial charge in [0, 0.05) is 16.9 Å². The van der Waals surface area contributed by atoms with Gasteiger partial charge in [-0.15, -0.1) is 11.3 Å². The molecule has 140 valence electrons. The minimum Gasteiger partial charge on any atom is -0.497 e. The van der Waals surface area contributed by atoms with E-state index in [2.05, 4.69) is 18.4 Å². The monoisotopic (exact) mass is 386 g/mol. The Morgan fingerprint density at radius 3 is 2.59 bits per heavy atom. The van der Waals surface area contributed by atoms with Crippen molar-refractivity contribution in [3.8, 4) is 5.75 Å². The normalized spacial score (nSPS) is 22.4. The molecule has 0 saturated carbocycles. The summed E-state index contributed by atoms with van der Waals surface area (Å²) in [4.78, 5) is 42.2. The lowest BCUT2D eigenvalue weighted by Crippen LogP contribution is -3.14. The molecule has 1 aromatic heterocycles. The second-order valence-corrected chi connectivity index (χ2v) is 7.69. The van der Waals surface area contributed by atoms with Gasteiger partial charge in [0.25, 0.3) is 0 Å². The number of carbonyl (C=O) groups is 3. The summed E-state index contributed by atoms with van der Waals surface area (Å²) in [6.45, 7) is 3.10. The number of carbonyl (C=O) groups excluding carboxylic acids is 3. The van der Waals surface area contributed by atoms with Gasteiger partial charge in [-0.3, -0.25) is 9.59 Å². The molecule has 1 fully saturated rings. The lowest BCUT2D eigenvalue weighted by Gasteiger charge is -2.32. The van der Waals surface area contributed by atoms with Gasteiger partial charge in [-0.25, -0.2) is 14.6 Å². The molecule has 2 aromatic rings. The Bertz CT molecular complexity index is 908. The molecule has 27 heavy (non-hydrogen) atoms. The number of thiophene rings is 1. The zero-order valence-corrected chi connectivity index (χ0v) is 15.9. The molecule has 2 aliphatic heterocycles. The highest BCUT2D eigenvalue weighted by atomic mass is 32.1. The van der Waals surface area contributed by atoms with E-state index < -0.39 is 17.8 Å². The van der Waals surface area contributed by atoms with Crippen molar-refractivity contribution in [2.24, 2.45) is 0 Å². The molecule has 3 heterocycles. The van der Waals surface area contributed by atoms with Crippen LogP contribution in [-0.2, 0) is 16.0 Å². The summed E-state index contributed by atoms with van der Waals surface area (Å²) in [5.41, 5.74) is 1.63. The number of nitrogens with one attached hydrogen (secondary N) is 1. The van der Waals surface area contributed by atoms with E-state index in [-0.39, 0.29) is 12.7 Å². The van der Waals surface area contributed by atoms with E-state index in [1.807, 2.05) is 0 Å². The van der Waals surface area contributed by atoms with Crippen LogP contribution in [-0.4, -0.2) is 43.1 Å². The minimum atomic E-state index is -0.814. The summed E-state index contributed by atoms with van der Waals surface area (Å²) in [7, 11) is 1.54. The standard InChI is InChI=1S/C19H19N3O4S/c1-12-15-8-10-27-16(15)7-9-20(12)11-21-17(23)18(24)22(19(21)25)13-3-5-14(26-2)6-4-13/h3-6,8,10,12H,7,9,11H2,1-2H3/p+1/t12-/m1/s1. The van der Waals surface area contributed by atoms with Crippen LogP contribution in [0.2, 0.25) is 0 Å². The van der Waals surface area contributed by atoms with Crippen molar-refractivity contribution >= 4 is 34.9 Å². The van der Waals surface area contributed by atoms with Gasteiger partial charge in [-0.05, 0) is 42.6 Å². The van der Waals surface area contributed by atoms with Crippen molar-refractivity contribution in [2.75, 3.05) is 25.2 Å². The summed E-state index contributed by atoms with van der Waals surface area (Å²) in [5, 5.41) is 2.07. The number of hydrogen-bond donors (Lipinski definition) is 1. The Kier molecular flexibility index (Phi) is 4.45. The molecule has 1 aromatic carbocycles. The zero-order valence-electron chi connectivity index (χ0n) is 15.1. The van der Waals surface area contributed by atoms with Crippen LogP contribution in [0, 0.1) is 0 Å². The highest BCUT2D eigenvalue weighted by Crippen LogP contribution is 2.26. The zero-order chi connectivity index (χ0) is 19.1. The molecule has 0 bridgehead atoms. The molecule has 1 saturated heterocycles. The third-order valence-electron chi connectivity index (χ3n) is 5.28. The van der Waals surface area contributed by atoms with Crippen LogP contribution in [0.4, 0.5) is 10.5 Å². The average Bonchev–Trinajstić information content (AvgIpc) is 3.24. The molecule has 2 aliphatic rings. The number of rotatable bonds is 4. The maximum atomic E-state index is 12.8. The van der Waals surface area contributed by atoms with Gasteiger partial charge in [-0.2, -0.15) is 0 Å². The molecule has 1 N–H and O–H groups in total. The number of urea groups is 1. The lowest BCUT2D eigenvalue weighted by atomic mass is 10.0. The minimum absolute atomic E-state index is 0.172. The van der Waals surface area contributed by atoms with Gasteiger partial charge < -0.3 is 9.64 Å². The predicted octanol–water partition coefficient (Wildman–Crippen LogP) is 1.21. The van der Waals surface area contributed by atoms with E-state index in [1.54, 1.807) is 35.6 Å². The molecular weight excluding hydrogens is 366 g/mol. The molecule has 8 heteroatoms. The fourth-order valence-electron chi connectivity index (χ4n) is 3.67. The SMILES string of the molecule is COc1ccc(N2C(=O)C(=O)N(C[NH+]3CCc4sccc4[C@H]3C)C2=O)cc1. The van der Waals surface area contributed by atoms with E-state index in [1.165, 1.54) is 17.6 Å².